The van der Waals surface area contributed by atoms with E-state index < -0.39 is 36.5 Å². The number of nitrogens with two attached hydrogens (primary N) is 1. The molecule has 2 aromatic rings. The van der Waals surface area contributed by atoms with Crippen LogP contribution in [0.1, 0.15) is 30.5 Å². The van der Waals surface area contributed by atoms with E-state index in [4.69, 9.17) is 33.7 Å². The Labute approximate surface area is 195 Å². The highest BCUT2D eigenvalue weighted by Gasteiger charge is 2.65. The van der Waals surface area contributed by atoms with Crippen LogP contribution in [0.2, 0.25) is 10.0 Å². The number of rotatable bonds is 9. The third-order valence-electron chi connectivity index (χ3n) is 5.16. The van der Waals surface area contributed by atoms with Crippen LogP contribution in [0.4, 0.5) is 25.2 Å². The molecule has 3 N–H and O–H groups in total. The number of ether oxygens (including phenoxy) is 1. The summed E-state index contributed by atoms with van der Waals surface area (Å²) < 4.78 is 72.3. The van der Waals surface area contributed by atoms with Crippen molar-refractivity contribution in [3.05, 3.63) is 33.4 Å². The second-order valence-corrected chi connectivity index (χ2v) is 10.7. The molecule has 7 nitrogen and oxygen atoms in total. The number of anilines is 1. The van der Waals surface area contributed by atoms with Gasteiger partial charge in [-0.2, -0.15) is 10.4 Å². The van der Waals surface area contributed by atoms with Crippen molar-refractivity contribution in [2.45, 2.75) is 29.6 Å². The average Bonchev–Trinajstić information content (AvgIpc) is 3.40. The van der Waals surface area contributed by atoms with E-state index in [9.17, 15) is 29.5 Å². The van der Waals surface area contributed by atoms with Gasteiger partial charge in [-0.25, -0.2) is 4.68 Å². The van der Waals surface area contributed by atoms with Crippen molar-refractivity contribution in [3.8, 4) is 11.8 Å². The summed E-state index contributed by atoms with van der Waals surface area (Å²) in [7, 11) is -8.59. The van der Waals surface area contributed by atoms with Crippen LogP contribution < -0.4 is 11.1 Å². The number of primary amides is 1. The lowest BCUT2D eigenvalue weighted by Crippen LogP contribution is -2.30. The fourth-order valence-electron chi connectivity index (χ4n) is 3.41. The van der Waals surface area contributed by atoms with Gasteiger partial charge >= 0.3 is 10.2 Å². The molecule has 1 aliphatic carbocycles. The van der Waals surface area contributed by atoms with Gasteiger partial charge in [0.25, 0.3) is 0 Å². The third kappa shape index (κ3) is 4.84. The van der Waals surface area contributed by atoms with Gasteiger partial charge in [-0.3, -0.25) is 4.79 Å². The van der Waals surface area contributed by atoms with Gasteiger partial charge in [-0.05, 0) is 31.4 Å². The number of carbonyl (C=O) groups excluding carboxylic acids is 1. The number of nitrogens with one attached hydrogen (secondary N) is 1. The highest BCUT2D eigenvalue weighted by molar-refractivity contribution is 8.45. The van der Waals surface area contributed by atoms with Crippen molar-refractivity contribution in [2.75, 3.05) is 25.6 Å². The zero-order valence-electron chi connectivity index (χ0n) is 17.0. The standard InChI is InChI=1S/C18H18Cl2F5N5O2S/c1-32-6-2-5-28-16-14(18(3-4-18)17(27)31)13(9-26)29-30(16)15-11(19)7-10(8-12(15)20)33(21,22,23,24)25/h7-8,28H,2-6H2,1H3,(H2,27,31). The zero-order valence-corrected chi connectivity index (χ0v) is 19.3. The molecular formula is C18H18Cl2F5N5O2S. The van der Waals surface area contributed by atoms with Crippen LogP contribution in [0.3, 0.4) is 0 Å². The minimum atomic E-state index is -10.1. The smallest absolute Gasteiger partial charge is 0.310 e. The Morgan fingerprint density at radius 3 is 2.30 bits per heavy atom. The fourth-order valence-corrected chi connectivity index (χ4v) is 4.87. The molecule has 33 heavy (non-hydrogen) atoms. The third-order valence-corrected chi connectivity index (χ3v) is 6.86. The van der Waals surface area contributed by atoms with Gasteiger partial charge < -0.3 is 15.8 Å². The minimum Gasteiger partial charge on any atom is -0.385 e. The van der Waals surface area contributed by atoms with Crippen LogP contribution in [0.25, 0.3) is 5.69 Å². The predicted octanol–water partition coefficient (Wildman–Crippen LogP) is 5.67. The maximum atomic E-state index is 13.3. The lowest BCUT2D eigenvalue weighted by Gasteiger charge is -2.40. The maximum Gasteiger partial charge on any atom is 0.310 e. The van der Waals surface area contributed by atoms with Crippen LogP contribution in [0.5, 0.6) is 0 Å². The Hall–Kier alpha value is -2.27. The molecule has 0 atom stereocenters. The van der Waals surface area contributed by atoms with Crippen LogP contribution in [0, 0.1) is 11.3 Å². The van der Waals surface area contributed by atoms with Gasteiger partial charge in [0.1, 0.15) is 22.5 Å². The fraction of sp³-hybridized carbons (Fsp3) is 0.389. The van der Waals surface area contributed by atoms with E-state index >= 15 is 0 Å². The molecule has 15 heteroatoms. The van der Waals surface area contributed by atoms with Gasteiger partial charge in [0.15, 0.2) is 5.69 Å². The van der Waals surface area contributed by atoms with Crippen molar-refractivity contribution >= 4 is 45.2 Å². The van der Waals surface area contributed by atoms with Crippen LogP contribution >= 0.6 is 33.4 Å². The Morgan fingerprint density at radius 2 is 1.88 bits per heavy atom. The first-order valence-corrected chi connectivity index (χ1v) is 12.1. The molecule has 1 aromatic carbocycles. The molecule has 3 rings (SSSR count). The number of carbonyl (C=O) groups is 1. The number of hydrogen-bond acceptors (Lipinski definition) is 5. The van der Waals surface area contributed by atoms with E-state index in [0.29, 0.717) is 25.9 Å². The van der Waals surface area contributed by atoms with Gasteiger partial charge in [0.05, 0.1) is 15.5 Å². The number of aromatic nitrogens is 2. The molecule has 0 radical (unpaired) electrons. The van der Waals surface area contributed by atoms with Crippen LogP contribution in [-0.2, 0) is 14.9 Å². The molecule has 1 saturated carbocycles. The highest BCUT2D eigenvalue weighted by atomic mass is 35.5. The zero-order chi connectivity index (χ0) is 24.9. The summed E-state index contributed by atoms with van der Waals surface area (Å²) in [6.07, 6.45) is 1.11. The molecule has 1 aliphatic rings. The van der Waals surface area contributed by atoms with Gasteiger partial charge in [-0.15, -0.1) is 0 Å². The summed E-state index contributed by atoms with van der Waals surface area (Å²) >= 11 is 11.9. The largest absolute Gasteiger partial charge is 0.385 e. The molecule has 0 saturated heterocycles. The maximum absolute atomic E-state index is 13.3. The van der Waals surface area contributed by atoms with E-state index in [1.807, 2.05) is 6.07 Å². The first-order valence-electron chi connectivity index (χ1n) is 9.35. The van der Waals surface area contributed by atoms with E-state index in [2.05, 4.69) is 10.4 Å². The lowest BCUT2D eigenvalue weighted by molar-refractivity contribution is -0.120. The first-order chi connectivity index (χ1) is 15.1. The van der Waals surface area contributed by atoms with E-state index in [-0.39, 0.29) is 41.4 Å². The Kier molecular flexibility index (Phi) is 5.86. The number of amides is 1. The van der Waals surface area contributed by atoms with E-state index in [1.165, 1.54) is 7.11 Å². The summed E-state index contributed by atoms with van der Waals surface area (Å²) in [5, 5.41) is 15.1. The monoisotopic (exact) mass is 533 g/mol. The van der Waals surface area contributed by atoms with Crippen molar-refractivity contribution in [1.29, 1.82) is 5.26 Å². The SMILES string of the molecule is COCCCNc1c(C2(C(N)=O)CC2)c(C#N)nn1-c1c(Cl)cc(S(F)(F)(F)(F)F)cc1Cl. The number of hydrogen-bond donors (Lipinski definition) is 2. The van der Waals surface area contributed by atoms with Crippen molar-refractivity contribution in [1.82, 2.24) is 9.78 Å². The Balaban J connectivity index is 2.25. The van der Waals surface area contributed by atoms with Crippen molar-refractivity contribution in [3.63, 3.8) is 0 Å². The molecule has 1 aromatic heterocycles. The van der Waals surface area contributed by atoms with E-state index in [0.717, 1.165) is 4.68 Å². The van der Waals surface area contributed by atoms with Crippen molar-refractivity contribution in [2.24, 2.45) is 5.73 Å². The van der Waals surface area contributed by atoms with Gasteiger partial charge in [0, 0.05) is 25.8 Å². The molecular weight excluding hydrogens is 516 g/mol. The molecule has 182 valence electrons. The van der Waals surface area contributed by atoms with E-state index in [1.54, 1.807) is 0 Å². The summed E-state index contributed by atoms with van der Waals surface area (Å²) in [5.74, 6) is -0.671. The average molecular weight is 534 g/mol. The number of methoxy groups -OCH3 is 1. The molecule has 0 spiro atoms. The minimum absolute atomic E-state index is 0.0443. The normalized spacial score (nSPS) is 17.1. The molecule has 0 aliphatic heterocycles. The summed E-state index contributed by atoms with van der Waals surface area (Å²) in [4.78, 5) is 9.89. The Bertz CT molecular complexity index is 1150. The quantitative estimate of drug-likeness (QED) is 0.319. The van der Waals surface area contributed by atoms with Crippen LogP contribution in [0.15, 0.2) is 17.0 Å². The first kappa shape index (κ1) is 25.4. The van der Waals surface area contributed by atoms with Gasteiger partial charge in [-0.1, -0.05) is 42.6 Å². The lowest BCUT2D eigenvalue weighted by atomic mass is 9.94. The number of halogens is 7. The number of nitriles is 1. The highest BCUT2D eigenvalue weighted by Crippen LogP contribution is 3.02. The van der Waals surface area contributed by atoms with Crippen molar-refractivity contribution < 1.29 is 29.0 Å². The predicted molar refractivity (Wildman–Crippen MR) is 115 cm³/mol. The number of benzene rings is 1. The van der Waals surface area contributed by atoms with Gasteiger partial charge in [0.2, 0.25) is 5.91 Å². The topological polar surface area (TPSA) is 106 Å². The molecule has 0 bridgehead atoms. The summed E-state index contributed by atoms with van der Waals surface area (Å²) in [6.45, 7) is 0.591. The molecule has 1 fully saturated rings. The molecule has 1 amide bonds. The summed E-state index contributed by atoms with van der Waals surface area (Å²) in [5.41, 5.74) is 3.87. The summed E-state index contributed by atoms with van der Waals surface area (Å²) in [6, 6.07) is 1.93. The second kappa shape index (κ2) is 7.63. The second-order valence-electron chi connectivity index (χ2n) is 7.52. The van der Waals surface area contributed by atoms with Crippen LogP contribution in [-0.4, -0.2) is 35.9 Å². The Morgan fingerprint density at radius 1 is 1.30 bits per heavy atom. The molecule has 0 unspecified atom stereocenters. The molecule has 1 heterocycles. The number of nitrogens with zero attached hydrogens (tertiary/aromatic N) is 3.